The Bertz CT molecular complexity index is 964. The lowest BCUT2D eigenvalue weighted by atomic mass is 10.2. The summed E-state index contributed by atoms with van der Waals surface area (Å²) in [5.41, 5.74) is 1.71. The van der Waals surface area contributed by atoms with Crippen molar-refractivity contribution >= 4 is 28.4 Å². The van der Waals surface area contributed by atoms with Crippen molar-refractivity contribution in [3.05, 3.63) is 66.4 Å². The third-order valence-corrected chi connectivity index (χ3v) is 3.81. The fourth-order valence-electron chi connectivity index (χ4n) is 2.67. The molecule has 138 valence electrons. The van der Waals surface area contributed by atoms with Crippen LogP contribution in [0, 0.1) is 0 Å². The highest BCUT2D eigenvalue weighted by Gasteiger charge is 2.14. The van der Waals surface area contributed by atoms with Gasteiger partial charge in [-0.15, -0.1) is 0 Å². The van der Waals surface area contributed by atoms with E-state index in [4.69, 9.17) is 4.74 Å². The average molecular weight is 363 g/mol. The number of hydrogen-bond donors (Lipinski definition) is 2. The van der Waals surface area contributed by atoms with Crippen molar-refractivity contribution < 1.29 is 14.3 Å². The minimum Gasteiger partial charge on any atom is -0.490 e. The van der Waals surface area contributed by atoms with Gasteiger partial charge >= 0.3 is 0 Å². The van der Waals surface area contributed by atoms with Crippen molar-refractivity contribution in [3.8, 4) is 5.75 Å². The molecule has 3 aromatic rings. The standard InChI is InChI=1S/C21H21N3O3/c1-14(2)27-18-11-4-3-9-16(18)21(26)23-13-19(25)24-17-10-5-7-15-8-6-12-22-20(15)17/h3-12,14H,13H2,1-2H3,(H,23,26)(H,24,25). The molecule has 0 aliphatic heterocycles. The molecule has 2 amide bonds. The number of amides is 2. The fraction of sp³-hybridized carbons (Fsp3) is 0.190. The molecule has 2 aromatic carbocycles. The highest BCUT2D eigenvalue weighted by molar-refractivity contribution is 6.03. The number of pyridine rings is 1. The van der Waals surface area contributed by atoms with E-state index >= 15 is 0 Å². The molecule has 2 N–H and O–H groups in total. The van der Waals surface area contributed by atoms with Gasteiger partial charge in [-0.25, -0.2) is 0 Å². The van der Waals surface area contributed by atoms with Crippen LogP contribution in [0.2, 0.25) is 0 Å². The van der Waals surface area contributed by atoms with Crippen molar-refractivity contribution in [1.82, 2.24) is 10.3 Å². The lowest BCUT2D eigenvalue weighted by Gasteiger charge is -2.14. The van der Waals surface area contributed by atoms with E-state index in [2.05, 4.69) is 15.6 Å². The molecule has 0 atom stereocenters. The van der Waals surface area contributed by atoms with E-state index in [1.165, 1.54) is 0 Å². The largest absolute Gasteiger partial charge is 0.490 e. The van der Waals surface area contributed by atoms with Crippen LogP contribution in [0.1, 0.15) is 24.2 Å². The summed E-state index contributed by atoms with van der Waals surface area (Å²) in [5, 5.41) is 6.35. The Hall–Kier alpha value is -3.41. The molecule has 1 aromatic heterocycles. The Morgan fingerprint density at radius 2 is 1.81 bits per heavy atom. The normalized spacial score (nSPS) is 10.6. The summed E-state index contributed by atoms with van der Waals surface area (Å²) in [6, 6.07) is 16.3. The third kappa shape index (κ3) is 4.61. The van der Waals surface area contributed by atoms with Gasteiger partial charge in [0.25, 0.3) is 5.91 Å². The minimum atomic E-state index is -0.363. The molecule has 1 heterocycles. The molecular weight excluding hydrogens is 342 g/mol. The Balaban J connectivity index is 1.65. The number of ether oxygens (including phenoxy) is 1. The van der Waals surface area contributed by atoms with Crippen molar-refractivity contribution in [1.29, 1.82) is 0 Å². The van der Waals surface area contributed by atoms with E-state index in [0.29, 0.717) is 22.5 Å². The van der Waals surface area contributed by atoms with E-state index in [-0.39, 0.29) is 24.5 Å². The SMILES string of the molecule is CC(C)Oc1ccccc1C(=O)NCC(=O)Nc1cccc2cccnc12. The van der Waals surface area contributed by atoms with Crippen LogP contribution >= 0.6 is 0 Å². The van der Waals surface area contributed by atoms with Gasteiger partial charge < -0.3 is 15.4 Å². The molecular formula is C21H21N3O3. The lowest BCUT2D eigenvalue weighted by Crippen LogP contribution is -2.33. The maximum atomic E-state index is 12.4. The van der Waals surface area contributed by atoms with Crippen molar-refractivity contribution in [2.45, 2.75) is 20.0 Å². The second-order valence-corrected chi connectivity index (χ2v) is 6.27. The first-order valence-corrected chi connectivity index (χ1v) is 8.72. The van der Waals surface area contributed by atoms with Crippen molar-refractivity contribution in [3.63, 3.8) is 0 Å². The third-order valence-electron chi connectivity index (χ3n) is 3.81. The Kier molecular flexibility index (Phi) is 5.66. The van der Waals surface area contributed by atoms with Crippen molar-refractivity contribution in [2.75, 3.05) is 11.9 Å². The molecule has 0 fully saturated rings. The predicted octanol–water partition coefficient (Wildman–Crippen LogP) is 3.39. The zero-order valence-electron chi connectivity index (χ0n) is 15.2. The summed E-state index contributed by atoms with van der Waals surface area (Å²) in [6.45, 7) is 3.62. The number of benzene rings is 2. The van der Waals surface area contributed by atoms with Gasteiger partial charge in [0.1, 0.15) is 5.75 Å². The van der Waals surface area contributed by atoms with Gasteiger partial charge in [0, 0.05) is 11.6 Å². The van der Waals surface area contributed by atoms with Crippen LogP contribution in [-0.4, -0.2) is 29.4 Å². The number of aromatic nitrogens is 1. The van der Waals surface area contributed by atoms with E-state index in [0.717, 1.165) is 5.39 Å². The summed E-state index contributed by atoms with van der Waals surface area (Å²) in [5.74, 6) is -0.204. The zero-order valence-corrected chi connectivity index (χ0v) is 15.2. The number of nitrogens with one attached hydrogen (secondary N) is 2. The zero-order chi connectivity index (χ0) is 19.2. The number of para-hydroxylation sites is 2. The summed E-state index contributed by atoms with van der Waals surface area (Å²) >= 11 is 0. The maximum absolute atomic E-state index is 12.4. The number of carbonyl (C=O) groups is 2. The van der Waals surface area contributed by atoms with E-state index in [9.17, 15) is 9.59 Å². The highest BCUT2D eigenvalue weighted by Crippen LogP contribution is 2.21. The van der Waals surface area contributed by atoms with Crippen molar-refractivity contribution in [2.24, 2.45) is 0 Å². The molecule has 0 bridgehead atoms. The second-order valence-electron chi connectivity index (χ2n) is 6.27. The molecule has 0 saturated carbocycles. The Morgan fingerprint density at radius 1 is 1.04 bits per heavy atom. The van der Waals surface area contributed by atoms with Gasteiger partial charge in [-0.1, -0.05) is 30.3 Å². The Labute approximate surface area is 157 Å². The van der Waals surface area contributed by atoms with E-state index in [1.807, 2.05) is 38.1 Å². The predicted molar refractivity (Wildman–Crippen MR) is 105 cm³/mol. The Morgan fingerprint density at radius 3 is 2.63 bits per heavy atom. The molecule has 6 heteroatoms. The first-order chi connectivity index (χ1) is 13.0. The van der Waals surface area contributed by atoms with Gasteiger partial charge in [-0.2, -0.15) is 0 Å². The number of fused-ring (bicyclic) bond motifs is 1. The summed E-state index contributed by atoms with van der Waals surface area (Å²) in [6.07, 6.45) is 1.62. The molecule has 0 aliphatic carbocycles. The number of rotatable bonds is 6. The van der Waals surface area contributed by atoms with Gasteiger partial charge in [0.05, 0.1) is 29.4 Å². The van der Waals surface area contributed by atoms with Crippen LogP contribution in [0.15, 0.2) is 60.8 Å². The van der Waals surface area contributed by atoms with Gasteiger partial charge in [0.15, 0.2) is 0 Å². The molecule has 27 heavy (non-hydrogen) atoms. The topological polar surface area (TPSA) is 80.3 Å². The first kappa shape index (κ1) is 18.4. The summed E-state index contributed by atoms with van der Waals surface area (Å²) < 4.78 is 5.65. The highest BCUT2D eigenvalue weighted by atomic mass is 16.5. The van der Waals surface area contributed by atoms with Gasteiger partial charge in [-0.05, 0) is 38.1 Å². The molecule has 0 aliphatic rings. The number of carbonyl (C=O) groups excluding carboxylic acids is 2. The lowest BCUT2D eigenvalue weighted by molar-refractivity contribution is -0.115. The molecule has 0 saturated heterocycles. The van der Waals surface area contributed by atoms with E-state index in [1.54, 1.807) is 36.5 Å². The summed E-state index contributed by atoms with van der Waals surface area (Å²) in [7, 11) is 0. The summed E-state index contributed by atoms with van der Waals surface area (Å²) in [4.78, 5) is 29.0. The number of anilines is 1. The fourth-order valence-corrected chi connectivity index (χ4v) is 2.67. The smallest absolute Gasteiger partial charge is 0.255 e. The van der Waals surface area contributed by atoms with Crippen LogP contribution in [0.5, 0.6) is 5.75 Å². The van der Waals surface area contributed by atoms with Crippen LogP contribution in [-0.2, 0) is 4.79 Å². The minimum absolute atomic E-state index is 0.0545. The quantitative estimate of drug-likeness (QED) is 0.703. The molecule has 0 unspecified atom stereocenters. The number of nitrogens with zero attached hydrogens (tertiary/aromatic N) is 1. The molecule has 6 nitrogen and oxygen atoms in total. The molecule has 0 spiro atoms. The van der Waals surface area contributed by atoms with Crippen LogP contribution in [0.3, 0.4) is 0 Å². The number of hydrogen-bond acceptors (Lipinski definition) is 4. The second kappa shape index (κ2) is 8.31. The average Bonchev–Trinajstić information content (AvgIpc) is 2.66. The molecule has 0 radical (unpaired) electrons. The van der Waals surface area contributed by atoms with Gasteiger partial charge in [0.2, 0.25) is 5.91 Å². The van der Waals surface area contributed by atoms with Crippen LogP contribution in [0.25, 0.3) is 10.9 Å². The van der Waals surface area contributed by atoms with Crippen LogP contribution < -0.4 is 15.4 Å². The molecule has 3 rings (SSSR count). The van der Waals surface area contributed by atoms with Gasteiger partial charge in [-0.3, -0.25) is 14.6 Å². The monoisotopic (exact) mass is 363 g/mol. The van der Waals surface area contributed by atoms with E-state index < -0.39 is 0 Å². The first-order valence-electron chi connectivity index (χ1n) is 8.72. The maximum Gasteiger partial charge on any atom is 0.255 e. The van der Waals surface area contributed by atoms with Crippen LogP contribution in [0.4, 0.5) is 5.69 Å².